The van der Waals surface area contributed by atoms with E-state index < -0.39 is 11.9 Å². The van der Waals surface area contributed by atoms with Gasteiger partial charge in [-0.15, -0.1) is 0 Å². The lowest BCUT2D eigenvalue weighted by molar-refractivity contribution is -0.136. The monoisotopic (exact) mass is 479 g/mol. The molecule has 8 heteroatoms. The quantitative estimate of drug-likeness (QED) is 0.282. The maximum atomic E-state index is 14.0. The lowest BCUT2D eigenvalue weighted by Gasteiger charge is -2.28. The van der Waals surface area contributed by atoms with Crippen molar-refractivity contribution in [1.29, 1.82) is 0 Å². The number of aromatic nitrogens is 2. The van der Waals surface area contributed by atoms with Crippen LogP contribution in [0.2, 0.25) is 0 Å². The fourth-order valence-electron chi connectivity index (χ4n) is 4.05. The number of hydrogen-bond donors (Lipinski definition) is 2. The molecular weight excluding hydrogens is 453 g/mol. The first-order valence-corrected chi connectivity index (χ1v) is 11.9. The van der Waals surface area contributed by atoms with Crippen LogP contribution in [0.15, 0.2) is 69.8 Å². The molecule has 1 atom stereocenters. The van der Waals surface area contributed by atoms with Crippen molar-refractivity contribution in [1.82, 2.24) is 9.97 Å². The van der Waals surface area contributed by atoms with Gasteiger partial charge in [0, 0.05) is 11.4 Å². The highest BCUT2D eigenvalue weighted by Crippen LogP contribution is 2.40. The molecule has 6 nitrogen and oxygen atoms in total. The molecule has 1 aliphatic heterocycles. The Morgan fingerprint density at radius 2 is 1.88 bits per heavy atom. The number of carbonyl (C=O) groups excluding carboxylic acids is 1. The zero-order valence-corrected chi connectivity index (χ0v) is 20.3. The molecule has 2 aromatic carbocycles. The Morgan fingerprint density at radius 3 is 2.53 bits per heavy atom. The van der Waals surface area contributed by atoms with Crippen LogP contribution in [0.5, 0.6) is 0 Å². The minimum atomic E-state index is -0.633. The van der Waals surface area contributed by atoms with Crippen LogP contribution in [0.3, 0.4) is 0 Å². The van der Waals surface area contributed by atoms with Crippen LogP contribution in [-0.2, 0) is 15.3 Å². The van der Waals surface area contributed by atoms with Gasteiger partial charge in [-0.3, -0.25) is 4.79 Å². The average Bonchev–Trinajstić information content (AvgIpc) is 2.82. The summed E-state index contributed by atoms with van der Waals surface area (Å²) < 4.78 is 19.0. The SMILES string of the molecule is COC(=O)C1=C(C)Nc2nc(SCc3ccccc3F)[nH]c(=O)c2C1c1ccc(C(C)C)cc1. The Bertz CT molecular complexity index is 1320. The van der Waals surface area contributed by atoms with Gasteiger partial charge in [0.05, 0.1) is 24.2 Å². The number of ether oxygens (including phenoxy) is 1. The summed E-state index contributed by atoms with van der Waals surface area (Å²) in [5, 5.41) is 3.47. The third-order valence-electron chi connectivity index (χ3n) is 5.88. The van der Waals surface area contributed by atoms with E-state index in [0.717, 1.165) is 11.1 Å². The van der Waals surface area contributed by atoms with Crippen LogP contribution in [-0.4, -0.2) is 23.0 Å². The summed E-state index contributed by atoms with van der Waals surface area (Å²) >= 11 is 1.24. The number of benzene rings is 2. The van der Waals surface area contributed by atoms with E-state index in [4.69, 9.17) is 4.74 Å². The molecule has 176 valence electrons. The van der Waals surface area contributed by atoms with Crippen molar-refractivity contribution in [3.05, 3.63) is 98.2 Å². The molecule has 0 bridgehead atoms. The lowest BCUT2D eigenvalue weighted by atomic mass is 9.82. The fraction of sp³-hybridized carbons (Fsp3) is 0.269. The number of H-pyrrole nitrogens is 1. The van der Waals surface area contributed by atoms with Gasteiger partial charge in [0.15, 0.2) is 5.16 Å². The van der Waals surface area contributed by atoms with Crippen LogP contribution in [0.1, 0.15) is 54.9 Å². The highest BCUT2D eigenvalue weighted by molar-refractivity contribution is 7.98. The van der Waals surface area contributed by atoms with Crippen molar-refractivity contribution in [2.45, 2.75) is 43.5 Å². The number of hydrogen-bond acceptors (Lipinski definition) is 6. The summed E-state index contributed by atoms with van der Waals surface area (Å²) in [6.07, 6.45) is 0. The summed E-state index contributed by atoms with van der Waals surface area (Å²) in [5.41, 5.74) is 3.40. The normalized spacial score (nSPS) is 15.2. The number of aromatic amines is 1. The minimum Gasteiger partial charge on any atom is -0.466 e. The van der Waals surface area contributed by atoms with Gasteiger partial charge in [-0.05, 0) is 35.6 Å². The van der Waals surface area contributed by atoms with Crippen molar-refractivity contribution < 1.29 is 13.9 Å². The van der Waals surface area contributed by atoms with Crippen LogP contribution >= 0.6 is 11.8 Å². The van der Waals surface area contributed by atoms with E-state index in [-0.39, 0.29) is 11.4 Å². The number of rotatable bonds is 6. The zero-order valence-electron chi connectivity index (χ0n) is 19.4. The van der Waals surface area contributed by atoms with Crippen LogP contribution in [0.4, 0.5) is 10.2 Å². The molecule has 1 unspecified atom stereocenters. The summed E-state index contributed by atoms with van der Waals surface area (Å²) in [6.45, 7) is 5.97. The molecule has 0 radical (unpaired) electrons. The van der Waals surface area contributed by atoms with Gasteiger partial charge < -0.3 is 15.0 Å². The largest absolute Gasteiger partial charge is 0.466 e. The molecule has 4 rings (SSSR count). The van der Waals surface area contributed by atoms with E-state index in [1.165, 1.54) is 24.9 Å². The maximum absolute atomic E-state index is 14.0. The number of halogens is 1. The highest BCUT2D eigenvalue weighted by Gasteiger charge is 2.36. The number of nitrogens with one attached hydrogen (secondary N) is 2. The number of methoxy groups -OCH3 is 1. The molecule has 0 saturated carbocycles. The number of allylic oxidation sites excluding steroid dienone is 1. The van der Waals surface area contributed by atoms with Gasteiger partial charge in [0.25, 0.3) is 5.56 Å². The van der Waals surface area contributed by atoms with Gasteiger partial charge in [-0.25, -0.2) is 14.2 Å². The third kappa shape index (κ3) is 4.63. The Labute approximate surface area is 201 Å². The Kier molecular flexibility index (Phi) is 6.88. The standard InChI is InChI=1S/C26H26FN3O3S/c1-14(2)16-9-11-17(12-10-16)21-20(25(32)33-4)15(3)28-23-22(21)24(31)30-26(29-23)34-13-18-7-5-6-8-19(18)27/h5-12,14,21H,13H2,1-4H3,(H2,28,29,30,31). The molecule has 0 fully saturated rings. The van der Waals surface area contributed by atoms with E-state index in [2.05, 4.69) is 29.1 Å². The average molecular weight is 480 g/mol. The molecule has 0 saturated heterocycles. The van der Waals surface area contributed by atoms with E-state index in [0.29, 0.717) is 45.0 Å². The molecule has 0 amide bonds. The smallest absolute Gasteiger partial charge is 0.336 e. The van der Waals surface area contributed by atoms with Gasteiger partial charge >= 0.3 is 5.97 Å². The lowest BCUT2D eigenvalue weighted by Crippen LogP contribution is -2.31. The number of fused-ring (bicyclic) bond motifs is 1. The van der Waals surface area contributed by atoms with Crippen molar-refractivity contribution in [3.8, 4) is 0 Å². The second-order valence-electron chi connectivity index (χ2n) is 8.42. The van der Waals surface area contributed by atoms with Crippen molar-refractivity contribution >= 4 is 23.5 Å². The number of carbonyl (C=O) groups is 1. The first-order valence-electron chi connectivity index (χ1n) is 11.0. The molecule has 1 aromatic heterocycles. The number of nitrogens with zero attached hydrogens (tertiary/aromatic N) is 1. The maximum Gasteiger partial charge on any atom is 0.336 e. The third-order valence-corrected chi connectivity index (χ3v) is 6.81. The summed E-state index contributed by atoms with van der Waals surface area (Å²) in [7, 11) is 1.32. The van der Waals surface area contributed by atoms with E-state index in [9.17, 15) is 14.0 Å². The highest BCUT2D eigenvalue weighted by atomic mass is 32.2. The second-order valence-corrected chi connectivity index (χ2v) is 9.39. The van der Waals surface area contributed by atoms with Crippen LogP contribution in [0, 0.1) is 5.82 Å². The zero-order chi connectivity index (χ0) is 24.4. The summed E-state index contributed by atoms with van der Waals surface area (Å²) in [4.78, 5) is 33.4. The molecule has 1 aliphatic rings. The van der Waals surface area contributed by atoms with Crippen molar-refractivity contribution in [2.75, 3.05) is 12.4 Å². The number of thioether (sulfide) groups is 1. The van der Waals surface area contributed by atoms with Crippen molar-refractivity contribution in [2.24, 2.45) is 0 Å². The Hall–Kier alpha value is -3.39. The van der Waals surface area contributed by atoms with Crippen LogP contribution in [0.25, 0.3) is 0 Å². The summed E-state index contributed by atoms with van der Waals surface area (Å²) in [6, 6.07) is 14.4. The molecule has 0 aliphatic carbocycles. The molecule has 34 heavy (non-hydrogen) atoms. The van der Waals surface area contributed by atoms with Crippen LogP contribution < -0.4 is 10.9 Å². The fourth-order valence-corrected chi connectivity index (χ4v) is 4.90. The first kappa shape index (κ1) is 23.8. The van der Waals surface area contributed by atoms with Gasteiger partial charge in [0.2, 0.25) is 0 Å². The van der Waals surface area contributed by atoms with Gasteiger partial charge in [0.1, 0.15) is 11.6 Å². The van der Waals surface area contributed by atoms with Gasteiger partial charge in [-0.2, -0.15) is 0 Å². The predicted molar refractivity (Wildman–Crippen MR) is 132 cm³/mol. The molecule has 0 spiro atoms. The van der Waals surface area contributed by atoms with E-state index in [1.807, 2.05) is 24.3 Å². The minimum absolute atomic E-state index is 0.306. The molecule has 2 heterocycles. The topological polar surface area (TPSA) is 84.1 Å². The molecule has 2 N–H and O–H groups in total. The number of anilines is 1. The van der Waals surface area contributed by atoms with E-state index in [1.54, 1.807) is 25.1 Å². The summed E-state index contributed by atoms with van der Waals surface area (Å²) in [5.74, 6) is -0.400. The van der Waals surface area contributed by atoms with Crippen molar-refractivity contribution in [3.63, 3.8) is 0 Å². The second kappa shape index (κ2) is 9.85. The molecular formula is C26H26FN3O3S. The predicted octanol–water partition coefficient (Wildman–Crippen LogP) is 5.33. The Morgan fingerprint density at radius 1 is 1.18 bits per heavy atom. The Balaban J connectivity index is 1.76. The van der Waals surface area contributed by atoms with E-state index >= 15 is 0 Å². The first-order chi connectivity index (χ1) is 16.3. The molecule has 3 aromatic rings. The number of esters is 1. The van der Waals surface area contributed by atoms with Gasteiger partial charge in [-0.1, -0.05) is 68.1 Å².